The number of anilines is 1. The third-order valence-corrected chi connectivity index (χ3v) is 6.87. The van der Waals surface area contributed by atoms with Crippen LogP contribution >= 0.6 is 0 Å². The monoisotopic (exact) mass is 412 g/mol. The zero-order valence-corrected chi connectivity index (χ0v) is 16.8. The number of aliphatic hydroxyl groups excluding tert-OH is 1. The van der Waals surface area contributed by atoms with Gasteiger partial charge in [0, 0.05) is 12.5 Å². The minimum absolute atomic E-state index is 0.0388. The Balaban J connectivity index is 1.80. The van der Waals surface area contributed by atoms with Gasteiger partial charge in [0.2, 0.25) is 9.84 Å². The van der Waals surface area contributed by atoms with Gasteiger partial charge in [-0.15, -0.1) is 5.10 Å². The highest BCUT2D eigenvalue weighted by molar-refractivity contribution is 7.91. The first kappa shape index (κ1) is 19.4. The summed E-state index contributed by atoms with van der Waals surface area (Å²) >= 11 is 0. The van der Waals surface area contributed by atoms with E-state index in [1.165, 1.54) is 4.68 Å². The van der Waals surface area contributed by atoms with Crippen molar-refractivity contribution in [2.24, 2.45) is 5.92 Å². The number of ether oxygens (including phenoxy) is 2. The Kier molecular flexibility index (Phi) is 4.56. The van der Waals surface area contributed by atoms with Crippen LogP contribution in [0.2, 0.25) is 0 Å². The summed E-state index contributed by atoms with van der Waals surface area (Å²) < 4.78 is 38.4. The SMILES string of the molecule is CCCS(=O)(=O)c1nc(N)c2nnn(C3CC(CO)C4OC(C)(C)OC43)c2n1. The predicted molar refractivity (Wildman–Crippen MR) is 97.9 cm³/mol. The third kappa shape index (κ3) is 3.04. The van der Waals surface area contributed by atoms with Crippen molar-refractivity contribution in [3.8, 4) is 0 Å². The molecule has 28 heavy (non-hydrogen) atoms. The topological polar surface area (TPSA) is 155 Å². The number of nitrogens with two attached hydrogens (primary N) is 1. The summed E-state index contributed by atoms with van der Waals surface area (Å²) in [6.45, 7) is 5.33. The van der Waals surface area contributed by atoms with Gasteiger partial charge in [-0.25, -0.2) is 13.1 Å². The molecular weight excluding hydrogens is 388 g/mol. The first-order chi connectivity index (χ1) is 13.2. The molecule has 0 radical (unpaired) electrons. The molecule has 4 unspecified atom stereocenters. The summed E-state index contributed by atoms with van der Waals surface area (Å²) in [5.41, 5.74) is 6.41. The Morgan fingerprint density at radius 3 is 2.68 bits per heavy atom. The van der Waals surface area contributed by atoms with Crippen molar-refractivity contribution >= 4 is 26.8 Å². The number of rotatable bonds is 5. The van der Waals surface area contributed by atoms with E-state index in [-0.39, 0.29) is 58.7 Å². The van der Waals surface area contributed by atoms with Crippen LogP contribution < -0.4 is 5.73 Å². The number of nitrogens with zero attached hydrogens (tertiary/aromatic N) is 5. The molecule has 0 spiro atoms. The normalized spacial score (nSPS) is 29.4. The van der Waals surface area contributed by atoms with Gasteiger partial charge >= 0.3 is 0 Å². The van der Waals surface area contributed by atoms with E-state index in [9.17, 15) is 13.5 Å². The lowest BCUT2D eigenvalue weighted by Crippen LogP contribution is -2.28. The first-order valence-corrected chi connectivity index (χ1v) is 10.9. The minimum Gasteiger partial charge on any atom is -0.396 e. The number of hydrogen-bond acceptors (Lipinski definition) is 10. The van der Waals surface area contributed by atoms with Crippen LogP contribution in [-0.2, 0) is 19.3 Å². The van der Waals surface area contributed by atoms with Crippen LogP contribution in [0.4, 0.5) is 5.82 Å². The quantitative estimate of drug-likeness (QED) is 0.644. The van der Waals surface area contributed by atoms with E-state index in [4.69, 9.17) is 15.2 Å². The molecule has 2 aromatic heterocycles. The lowest BCUT2D eigenvalue weighted by Gasteiger charge is -2.23. The van der Waals surface area contributed by atoms with E-state index in [0.717, 1.165) is 0 Å². The zero-order valence-electron chi connectivity index (χ0n) is 15.9. The van der Waals surface area contributed by atoms with Gasteiger partial charge in [-0.05, 0) is 26.7 Å². The molecule has 4 atom stereocenters. The fourth-order valence-corrected chi connectivity index (χ4v) is 5.21. The van der Waals surface area contributed by atoms with Crippen molar-refractivity contribution in [3.63, 3.8) is 0 Å². The molecule has 1 aliphatic carbocycles. The van der Waals surface area contributed by atoms with Gasteiger partial charge in [-0.3, -0.25) is 0 Å². The standard InChI is InChI=1S/C16H24N6O5S/c1-4-5-28(24,25)15-18-13(17)10-14(19-15)22(21-20-10)9-6-8(7-23)11-12(9)27-16(2,3)26-11/h8-9,11-12,23H,4-7H2,1-3H3,(H2,17,18,19). The number of sulfone groups is 1. The summed E-state index contributed by atoms with van der Waals surface area (Å²) in [4.78, 5) is 8.15. The molecule has 154 valence electrons. The van der Waals surface area contributed by atoms with Gasteiger partial charge in [0.1, 0.15) is 6.10 Å². The molecular formula is C16H24N6O5S. The molecule has 0 amide bonds. The lowest BCUT2D eigenvalue weighted by molar-refractivity contribution is -0.162. The van der Waals surface area contributed by atoms with Crippen molar-refractivity contribution in [2.45, 2.75) is 62.8 Å². The van der Waals surface area contributed by atoms with Gasteiger partial charge in [0.05, 0.1) is 17.9 Å². The number of fused-ring (bicyclic) bond motifs is 2. The average molecular weight is 412 g/mol. The highest BCUT2D eigenvalue weighted by Crippen LogP contribution is 2.47. The van der Waals surface area contributed by atoms with Crippen LogP contribution in [0.3, 0.4) is 0 Å². The third-order valence-electron chi connectivity index (χ3n) is 5.18. The second-order valence-electron chi connectivity index (χ2n) is 7.73. The smallest absolute Gasteiger partial charge is 0.251 e. The first-order valence-electron chi connectivity index (χ1n) is 9.24. The Morgan fingerprint density at radius 2 is 2.00 bits per heavy atom. The molecule has 0 bridgehead atoms. The molecule has 11 nitrogen and oxygen atoms in total. The molecule has 0 aromatic carbocycles. The Bertz CT molecular complexity index is 1010. The summed E-state index contributed by atoms with van der Waals surface area (Å²) in [6.07, 6.45) is 0.295. The second kappa shape index (κ2) is 6.58. The van der Waals surface area contributed by atoms with E-state index in [2.05, 4.69) is 20.3 Å². The van der Waals surface area contributed by atoms with Crippen molar-refractivity contribution in [1.82, 2.24) is 25.0 Å². The summed E-state index contributed by atoms with van der Waals surface area (Å²) in [5, 5.41) is 17.6. The molecule has 3 heterocycles. The maximum atomic E-state index is 12.4. The van der Waals surface area contributed by atoms with Gasteiger partial charge < -0.3 is 20.3 Å². The van der Waals surface area contributed by atoms with Crippen molar-refractivity contribution in [1.29, 1.82) is 0 Å². The fourth-order valence-electron chi connectivity index (χ4n) is 4.03. The molecule has 12 heteroatoms. The minimum atomic E-state index is -3.66. The Labute approximate surface area is 162 Å². The van der Waals surface area contributed by atoms with Crippen LogP contribution in [0.5, 0.6) is 0 Å². The van der Waals surface area contributed by atoms with E-state index in [1.54, 1.807) is 6.92 Å². The van der Waals surface area contributed by atoms with Gasteiger partial charge in [-0.1, -0.05) is 12.1 Å². The van der Waals surface area contributed by atoms with Crippen LogP contribution in [0, 0.1) is 5.92 Å². The van der Waals surface area contributed by atoms with Crippen molar-refractivity contribution in [2.75, 3.05) is 18.1 Å². The van der Waals surface area contributed by atoms with Crippen molar-refractivity contribution in [3.05, 3.63) is 0 Å². The van der Waals surface area contributed by atoms with E-state index in [0.29, 0.717) is 12.8 Å². The van der Waals surface area contributed by atoms with Crippen LogP contribution in [-0.4, -0.2) is 68.8 Å². The molecule has 3 N–H and O–H groups in total. The highest BCUT2D eigenvalue weighted by atomic mass is 32.2. The Hall–Kier alpha value is -1.89. The lowest BCUT2D eigenvalue weighted by atomic mass is 10.1. The number of nitrogen functional groups attached to an aromatic ring is 1. The number of aromatic nitrogens is 5. The highest BCUT2D eigenvalue weighted by Gasteiger charge is 2.55. The predicted octanol–water partition coefficient (Wildman–Crippen LogP) is 0.0606. The van der Waals surface area contributed by atoms with E-state index in [1.807, 2.05) is 13.8 Å². The zero-order chi connectivity index (χ0) is 20.3. The van der Waals surface area contributed by atoms with Gasteiger partial charge in [-0.2, -0.15) is 9.97 Å². The van der Waals surface area contributed by atoms with E-state index >= 15 is 0 Å². The molecule has 1 aliphatic heterocycles. The average Bonchev–Trinajstić information content (AvgIpc) is 3.25. The Morgan fingerprint density at radius 1 is 1.29 bits per heavy atom. The maximum Gasteiger partial charge on any atom is 0.251 e. The van der Waals surface area contributed by atoms with Crippen LogP contribution in [0.25, 0.3) is 11.2 Å². The molecule has 2 aliphatic rings. The van der Waals surface area contributed by atoms with Crippen LogP contribution in [0.1, 0.15) is 39.7 Å². The molecule has 4 rings (SSSR count). The fraction of sp³-hybridized carbons (Fsp3) is 0.750. The molecule has 1 saturated carbocycles. The largest absolute Gasteiger partial charge is 0.396 e. The number of aliphatic hydroxyl groups is 1. The molecule has 2 aromatic rings. The summed E-state index contributed by atoms with van der Waals surface area (Å²) in [6, 6.07) is -0.329. The number of hydrogen-bond donors (Lipinski definition) is 2. The van der Waals surface area contributed by atoms with Gasteiger partial charge in [0.25, 0.3) is 5.16 Å². The maximum absolute atomic E-state index is 12.4. The summed E-state index contributed by atoms with van der Waals surface area (Å²) in [5.74, 6) is -1.05. The van der Waals surface area contributed by atoms with Crippen LogP contribution in [0.15, 0.2) is 5.16 Å². The van der Waals surface area contributed by atoms with E-state index < -0.39 is 15.6 Å². The molecule has 1 saturated heterocycles. The second-order valence-corrected chi connectivity index (χ2v) is 9.73. The van der Waals surface area contributed by atoms with Crippen molar-refractivity contribution < 1.29 is 23.0 Å². The van der Waals surface area contributed by atoms with Gasteiger partial charge in [0.15, 0.2) is 22.8 Å². The summed E-state index contributed by atoms with van der Waals surface area (Å²) in [7, 11) is -3.66. The molecule has 2 fully saturated rings.